The summed E-state index contributed by atoms with van der Waals surface area (Å²) >= 11 is 6.19. The third-order valence-electron chi connectivity index (χ3n) is 1.88. The number of amides is 1. The number of aryl methyl sites for hydroxylation is 1. The van der Waals surface area contributed by atoms with Gasteiger partial charge in [0.15, 0.2) is 5.11 Å². The van der Waals surface area contributed by atoms with Gasteiger partial charge in [-0.1, -0.05) is 6.08 Å². The molecule has 0 aliphatic carbocycles. The lowest BCUT2D eigenvalue weighted by Crippen LogP contribution is -2.48. The predicted molar refractivity (Wildman–Crippen MR) is 70.2 cm³/mol. The Morgan fingerprint density at radius 1 is 1.81 bits per heavy atom. The maximum Gasteiger partial charge on any atom is 0.280 e. The first-order valence-corrected chi connectivity index (χ1v) is 5.88. The van der Waals surface area contributed by atoms with Gasteiger partial charge in [-0.2, -0.15) is 0 Å². The molecule has 0 saturated carbocycles. The van der Waals surface area contributed by atoms with Crippen molar-refractivity contribution in [3.05, 3.63) is 34.5 Å². The van der Waals surface area contributed by atoms with Gasteiger partial charge in [0.1, 0.15) is 0 Å². The molecule has 0 fully saturated rings. The van der Waals surface area contributed by atoms with Crippen LogP contribution in [0.3, 0.4) is 0 Å². The average Bonchev–Trinajstić information content (AvgIpc) is 2.63. The van der Waals surface area contributed by atoms with Crippen molar-refractivity contribution in [1.29, 1.82) is 0 Å². The highest BCUT2D eigenvalue weighted by molar-refractivity contribution is 7.80. The summed E-state index contributed by atoms with van der Waals surface area (Å²) in [5.74, 6) is -0.206. The SMILES string of the molecule is C=CCN(NC(=O)c1sccc1C)C(N)=S. The van der Waals surface area contributed by atoms with Crippen molar-refractivity contribution < 1.29 is 4.79 Å². The highest BCUT2D eigenvalue weighted by Gasteiger charge is 2.14. The minimum Gasteiger partial charge on any atom is -0.375 e. The van der Waals surface area contributed by atoms with E-state index in [1.165, 1.54) is 16.3 Å². The molecule has 0 aliphatic heterocycles. The first-order valence-electron chi connectivity index (χ1n) is 4.59. The van der Waals surface area contributed by atoms with Crippen LogP contribution in [0.2, 0.25) is 0 Å². The molecule has 1 aromatic rings. The molecule has 16 heavy (non-hydrogen) atoms. The quantitative estimate of drug-likeness (QED) is 0.487. The Morgan fingerprint density at radius 3 is 2.94 bits per heavy atom. The van der Waals surface area contributed by atoms with Crippen LogP contribution in [0.25, 0.3) is 0 Å². The van der Waals surface area contributed by atoms with E-state index in [1.54, 1.807) is 6.08 Å². The van der Waals surface area contributed by atoms with E-state index in [1.807, 2.05) is 18.4 Å². The molecule has 0 aromatic carbocycles. The molecule has 6 heteroatoms. The molecule has 4 nitrogen and oxygen atoms in total. The topological polar surface area (TPSA) is 58.4 Å². The fourth-order valence-corrected chi connectivity index (χ4v) is 2.03. The van der Waals surface area contributed by atoms with Gasteiger partial charge in [0.2, 0.25) is 0 Å². The molecule has 1 aromatic heterocycles. The summed E-state index contributed by atoms with van der Waals surface area (Å²) < 4.78 is 0. The van der Waals surface area contributed by atoms with E-state index in [0.717, 1.165) is 5.56 Å². The van der Waals surface area contributed by atoms with E-state index >= 15 is 0 Å². The van der Waals surface area contributed by atoms with Gasteiger partial charge in [-0.3, -0.25) is 15.2 Å². The maximum absolute atomic E-state index is 11.8. The van der Waals surface area contributed by atoms with Crippen LogP contribution in [0.1, 0.15) is 15.2 Å². The van der Waals surface area contributed by atoms with Crippen LogP contribution in [-0.2, 0) is 0 Å². The Balaban J connectivity index is 2.72. The second kappa shape index (κ2) is 5.62. The highest BCUT2D eigenvalue weighted by Crippen LogP contribution is 2.15. The molecule has 3 N–H and O–H groups in total. The summed E-state index contributed by atoms with van der Waals surface area (Å²) in [5, 5.41) is 3.36. The zero-order chi connectivity index (χ0) is 12.1. The lowest BCUT2D eigenvalue weighted by Gasteiger charge is -2.21. The van der Waals surface area contributed by atoms with Gasteiger partial charge in [-0.25, -0.2) is 0 Å². The zero-order valence-electron chi connectivity index (χ0n) is 8.90. The number of nitrogens with two attached hydrogens (primary N) is 1. The second-order valence-corrected chi connectivity index (χ2v) is 4.45. The Hall–Kier alpha value is -1.40. The van der Waals surface area contributed by atoms with Gasteiger partial charge < -0.3 is 5.73 Å². The van der Waals surface area contributed by atoms with Crippen LogP contribution in [-0.4, -0.2) is 22.6 Å². The van der Waals surface area contributed by atoms with Crippen molar-refractivity contribution in [3.8, 4) is 0 Å². The molecule has 1 rings (SSSR count). The fraction of sp³-hybridized carbons (Fsp3) is 0.200. The largest absolute Gasteiger partial charge is 0.375 e. The lowest BCUT2D eigenvalue weighted by molar-refractivity contribution is 0.0882. The highest BCUT2D eigenvalue weighted by atomic mass is 32.1. The number of nitrogens with zero attached hydrogens (tertiary/aromatic N) is 1. The van der Waals surface area contributed by atoms with Crippen molar-refractivity contribution in [2.45, 2.75) is 6.92 Å². The molecule has 0 atom stereocenters. The third kappa shape index (κ3) is 3.04. The number of hydrogen-bond acceptors (Lipinski definition) is 3. The van der Waals surface area contributed by atoms with Crippen LogP contribution in [0, 0.1) is 6.92 Å². The van der Waals surface area contributed by atoms with Crippen LogP contribution in [0.15, 0.2) is 24.1 Å². The minimum absolute atomic E-state index is 0.113. The number of hydrogen-bond donors (Lipinski definition) is 2. The van der Waals surface area contributed by atoms with E-state index < -0.39 is 0 Å². The van der Waals surface area contributed by atoms with Crippen LogP contribution >= 0.6 is 23.6 Å². The average molecular weight is 255 g/mol. The van der Waals surface area contributed by atoms with E-state index in [9.17, 15) is 4.79 Å². The summed E-state index contributed by atoms with van der Waals surface area (Å²) in [6.07, 6.45) is 1.61. The Morgan fingerprint density at radius 2 is 2.50 bits per heavy atom. The molecule has 0 spiro atoms. The van der Waals surface area contributed by atoms with Gasteiger partial charge >= 0.3 is 0 Å². The summed E-state index contributed by atoms with van der Waals surface area (Å²) in [6, 6.07) is 1.89. The standard InChI is InChI=1S/C10H13N3OS2/c1-3-5-13(10(11)15)12-9(14)8-7(2)4-6-16-8/h3-4,6H,1,5H2,2H3,(H2,11,15)(H,12,14). The molecule has 0 saturated heterocycles. The number of carbonyl (C=O) groups is 1. The van der Waals surface area contributed by atoms with Crippen LogP contribution in [0.5, 0.6) is 0 Å². The van der Waals surface area contributed by atoms with Crippen LogP contribution < -0.4 is 11.2 Å². The lowest BCUT2D eigenvalue weighted by atomic mass is 10.3. The normalized spacial score (nSPS) is 9.56. The number of thiocarbonyl (C=S) groups is 1. The van der Waals surface area contributed by atoms with Crippen molar-refractivity contribution in [3.63, 3.8) is 0 Å². The van der Waals surface area contributed by atoms with E-state index in [-0.39, 0.29) is 11.0 Å². The molecule has 0 unspecified atom stereocenters. The molecule has 86 valence electrons. The van der Waals surface area contributed by atoms with Gasteiger partial charge in [0.05, 0.1) is 11.4 Å². The van der Waals surface area contributed by atoms with Crippen molar-refractivity contribution in [2.24, 2.45) is 5.73 Å². The summed E-state index contributed by atoms with van der Waals surface area (Å²) in [5.41, 5.74) is 9.02. The van der Waals surface area contributed by atoms with Crippen molar-refractivity contribution in [2.75, 3.05) is 6.54 Å². The van der Waals surface area contributed by atoms with E-state index in [0.29, 0.717) is 11.4 Å². The predicted octanol–water partition coefficient (Wildman–Crippen LogP) is 1.43. The molecule has 0 bridgehead atoms. The number of hydrazine groups is 1. The number of nitrogens with one attached hydrogen (secondary N) is 1. The first-order chi connectivity index (χ1) is 7.56. The van der Waals surface area contributed by atoms with Gasteiger partial charge in [-0.05, 0) is 36.2 Å². The molecule has 1 heterocycles. The zero-order valence-corrected chi connectivity index (χ0v) is 10.5. The smallest absolute Gasteiger partial charge is 0.280 e. The second-order valence-electron chi connectivity index (χ2n) is 3.11. The van der Waals surface area contributed by atoms with Gasteiger partial charge in [-0.15, -0.1) is 17.9 Å². The maximum atomic E-state index is 11.8. The van der Waals surface area contributed by atoms with Crippen LogP contribution in [0.4, 0.5) is 0 Å². The molecule has 0 radical (unpaired) electrons. The summed E-state index contributed by atoms with van der Waals surface area (Å²) in [7, 11) is 0. The number of carbonyl (C=O) groups excluding carboxylic acids is 1. The first kappa shape index (κ1) is 12.7. The summed E-state index contributed by atoms with van der Waals surface area (Å²) in [6.45, 7) is 5.82. The summed E-state index contributed by atoms with van der Waals surface area (Å²) in [4.78, 5) is 12.5. The molecule has 0 aliphatic rings. The molecule has 1 amide bonds. The van der Waals surface area contributed by atoms with Gasteiger partial charge in [0, 0.05) is 0 Å². The Bertz CT molecular complexity index is 414. The van der Waals surface area contributed by atoms with Crippen molar-refractivity contribution >= 4 is 34.6 Å². The van der Waals surface area contributed by atoms with Gasteiger partial charge in [0.25, 0.3) is 5.91 Å². The van der Waals surface area contributed by atoms with E-state index in [4.69, 9.17) is 18.0 Å². The minimum atomic E-state index is -0.206. The third-order valence-corrected chi connectivity index (χ3v) is 3.12. The molecular weight excluding hydrogens is 242 g/mol. The number of thiophene rings is 1. The Labute approximate surface area is 104 Å². The van der Waals surface area contributed by atoms with Crippen molar-refractivity contribution in [1.82, 2.24) is 10.4 Å². The number of rotatable bonds is 3. The fourth-order valence-electron chi connectivity index (χ4n) is 1.10. The Kier molecular flexibility index (Phi) is 4.45. The monoisotopic (exact) mass is 255 g/mol. The molecular formula is C10H13N3OS2. The van der Waals surface area contributed by atoms with E-state index in [2.05, 4.69) is 12.0 Å².